The summed E-state index contributed by atoms with van der Waals surface area (Å²) in [5, 5.41) is 13.3. The first-order valence-electron chi connectivity index (χ1n) is 6.44. The molecule has 1 fully saturated rings. The normalized spacial score (nSPS) is 16.7. The zero-order valence-electron chi connectivity index (χ0n) is 10.8. The van der Waals surface area contributed by atoms with E-state index in [-0.39, 0.29) is 0 Å². The fourth-order valence-corrected chi connectivity index (χ4v) is 3.39. The molecule has 100 valence electrons. The fraction of sp³-hybridized carbons (Fsp3) is 0.571. The SMILES string of the molecule is COc1ccc(CNCC2CCSCC2)c(O)c1. The summed E-state index contributed by atoms with van der Waals surface area (Å²) in [5.74, 6) is 4.38. The van der Waals surface area contributed by atoms with Crippen LogP contribution in [0.3, 0.4) is 0 Å². The molecule has 3 nitrogen and oxygen atoms in total. The molecule has 1 saturated heterocycles. The number of nitrogens with one attached hydrogen (secondary N) is 1. The lowest BCUT2D eigenvalue weighted by Crippen LogP contribution is -2.25. The molecule has 1 aromatic carbocycles. The minimum absolute atomic E-state index is 0.307. The molecule has 1 aliphatic heterocycles. The zero-order valence-corrected chi connectivity index (χ0v) is 11.6. The highest BCUT2D eigenvalue weighted by Gasteiger charge is 2.13. The molecular weight excluding hydrogens is 246 g/mol. The van der Waals surface area contributed by atoms with Crippen LogP contribution in [0.5, 0.6) is 11.5 Å². The quantitative estimate of drug-likeness (QED) is 0.860. The highest BCUT2D eigenvalue weighted by molar-refractivity contribution is 7.99. The number of phenols is 1. The first kappa shape index (κ1) is 13.6. The van der Waals surface area contributed by atoms with Crippen molar-refractivity contribution in [2.45, 2.75) is 19.4 Å². The van der Waals surface area contributed by atoms with Crippen LogP contribution >= 0.6 is 11.8 Å². The number of phenolic OH excluding ortho intramolecular Hbond substituents is 1. The van der Waals surface area contributed by atoms with Crippen LogP contribution in [-0.2, 0) is 6.54 Å². The minimum atomic E-state index is 0.307. The topological polar surface area (TPSA) is 41.5 Å². The molecule has 0 amide bonds. The maximum Gasteiger partial charge on any atom is 0.123 e. The second-order valence-corrected chi connectivity index (χ2v) is 5.91. The molecule has 0 aromatic heterocycles. The molecule has 1 heterocycles. The van der Waals surface area contributed by atoms with Gasteiger partial charge in [0.2, 0.25) is 0 Å². The number of hydrogen-bond acceptors (Lipinski definition) is 4. The summed E-state index contributed by atoms with van der Waals surface area (Å²) in [4.78, 5) is 0. The Morgan fingerprint density at radius 1 is 1.39 bits per heavy atom. The van der Waals surface area contributed by atoms with E-state index in [1.807, 2.05) is 12.1 Å². The van der Waals surface area contributed by atoms with Gasteiger partial charge >= 0.3 is 0 Å². The Bertz CT molecular complexity index is 378. The van der Waals surface area contributed by atoms with Gasteiger partial charge in [-0.25, -0.2) is 0 Å². The summed E-state index contributed by atoms with van der Waals surface area (Å²) in [6.45, 7) is 1.77. The molecule has 18 heavy (non-hydrogen) atoms. The summed E-state index contributed by atoms with van der Waals surface area (Å²) in [5.41, 5.74) is 0.931. The second kappa shape index (κ2) is 6.90. The van der Waals surface area contributed by atoms with Gasteiger partial charge in [-0.05, 0) is 42.9 Å². The Labute approximate surface area is 113 Å². The summed E-state index contributed by atoms with van der Waals surface area (Å²) in [6, 6.07) is 5.46. The van der Waals surface area contributed by atoms with Gasteiger partial charge in [-0.15, -0.1) is 0 Å². The van der Waals surface area contributed by atoms with Crippen molar-refractivity contribution < 1.29 is 9.84 Å². The fourth-order valence-electron chi connectivity index (χ4n) is 2.18. The molecule has 0 atom stereocenters. The van der Waals surface area contributed by atoms with Crippen LogP contribution in [-0.4, -0.2) is 30.3 Å². The lowest BCUT2D eigenvalue weighted by atomic mass is 10.0. The lowest BCUT2D eigenvalue weighted by molar-refractivity contribution is 0.404. The summed E-state index contributed by atoms with van der Waals surface area (Å²) in [7, 11) is 1.60. The van der Waals surface area contributed by atoms with E-state index in [4.69, 9.17) is 4.74 Å². The van der Waals surface area contributed by atoms with Gasteiger partial charge in [-0.3, -0.25) is 0 Å². The number of ether oxygens (including phenoxy) is 1. The van der Waals surface area contributed by atoms with Crippen LogP contribution < -0.4 is 10.1 Å². The van der Waals surface area contributed by atoms with Crippen molar-refractivity contribution in [3.05, 3.63) is 23.8 Å². The second-order valence-electron chi connectivity index (χ2n) is 4.68. The highest BCUT2D eigenvalue weighted by Crippen LogP contribution is 2.24. The van der Waals surface area contributed by atoms with Crippen molar-refractivity contribution in [2.24, 2.45) is 5.92 Å². The predicted molar refractivity (Wildman–Crippen MR) is 76.4 cm³/mol. The Morgan fingerprint density at radius 2 is 2.17 bits per heavy atom. The number of rotatable bonds is 5. The summed E-state index contributed by atoms with van der Waals surface area (Å²) < 4.78 is 5.07. The van der Waals surface area contributed by atoms with E-state index in [0.29, 0.717) is 11.5 Å². The summed E-state index contributed by atoms with van der Waals surface area (Å²) >= 11 is 2.05. The van der Waals surface area contributed by atoms with Gasteiger partial charge in [0.15, 0.2) is 0 Å². The lowest BCUT2D eigenvalue weighted by Gasteiger charge is -2.21. The molecule has 1 aliphatic rings. The van der Waals surface area contributed by atoms with Crippen LogP contribution in [0.2, 0.25) is 0 Å². The Hall–Kier alpha value is -0.870. The van der Waals surface area contributed by atoms with Gasteiger partial charge < -0.3 is 15.2 Å². The number of thioether (sulfide) groups is 1. The highest BCUT2D eigenvalue weighted by atomic mass is 32.2. The first-order chi connectivity index (χ1) is 8.79. The van der Waals surface area contributed by atoms with Crippen molar-refractivity contribution in [1.82, 2.24) is 5.32 Å². The van der Waals surface area contributed by atoms with Crippen LogP contribution in [0, 0.1) is 5.92 Å². The van der Waals surface area contributed by atoms with Gasteiger partial charge in [0, 0.05) is 18.2 Å². The third-order valence-electron chi connectivity index (χ3n) is 3.38. The molecule has 0 spiro atoms. The molecule has 2 rings (SSSR count). The van der Waals surface area contributed by atoms with Crippen molar-refractivity contribution in [2.75, 3.05) is 25.2 Å². The van der Waals surface area contributed by atoms with E-state index >= 15 is 0 Å². The van der Waals surface area contributed by atoms with E-state index in [0.717, 1.165) is 24.6 Å². The number of aromatic hydroxyl groups is 1. The largest absolute Gasteiger partial charge is 0.507 e. The van der Waals surface area contributed by atoms with Crippen LogP contribution in [0.15, 0.2) is 18.2 Å². The van der Waals surface area contributed by atoms with Gasteiger partial charge in [-0.1, -0.05) is 6.07 Å². The van der Waals surface area contributed by atoms with Gasteiger partial charge in [0.05, 0.1) is 7.11 Å². The zero-order chi connectivity index (χ0) is 12.8. The van der Waals surface area contributed by atoms with E-state index < -0.39 is 0 Å². The van der Waals surface area contributed by atoms with E-state index in [1.54, 1.807) is 13.2 Å². The van der Waals surface area contributed by atoms with Crippen molar-refractivity contribution in [1.29, 1.82) is 0 Å². The first-order valence-corrected chi connectivity index (χ1v) is 7.59. The van der Waals surface area contributed by atoms with E-state index in [9.17, 15) is 5.11 Å². The number of methoxy groups -OCH3 is 1. The Kier molecular flexibility index (Phi) is 5.20. The average molecular weight is 267 g/mol. The average Bonchev–Trinajstić information content (AvgIpc) is 2.42. The smallest absolute Gasteiger partial charge is 0.123 e. The van der Waals surface area contributed by atoms with Gasteiger partial charge in [0.25, 0.3) is 0 Å². The number of benzene rings is 1. The Balaban J connectivity index is 1.79. The molecule has 0 radical (unpaired) electrons. The Morgan fingerprint density at radius 3 is 2.83 bits per heavy atom. The van der Waals surface area contributed by atoms with E-state index in [1.165, 1.54) is 24.3 Å². The van der Waals surface area contributed by atoms with Crippen LogP contribution in [0.25, 0.3) is 0 Å². The van der Waals surface area contributed by atoms with E-state index in [2.05, 4.69) is 17.1 Å². The third kappa shape index (κ3) is 3.82. The molecule has 4 heteroatoms. The van der Waals surface area contributed by atoms with Crippen LogP contribution in [0.4, 0.5) is 0 Å². The maximum atomic E-state index is 9.84. The molecule has 1 aromatic rings. The molecule has 0 saturated carbocycles. The van der Waals surface area contributed by atoms with Gasteiger partial charge in [0.1, 0.15) is 11.5 Å². The minimum Gasteiger partial charge on any atom is -0.507 e. The number of hydrogen-bond donors (Lipinski definition) is 2. The molecule has 0 bridgehead atoms. The predicted octanol–water partition coefficient (Wildman–Crippen LogP) is 2.63. The molecule has 2 N–H and O–H groups in total. The molecule has 0 aliphatic carbocycles. The monoisotopic (exact) mass is 267 g/mol. The van der Waals surface area contributed by atoms with Crippen molar-refractivity contribution >= 4 is 11.8 Å². The van der Waals surface area contributed by atoms with Crippen molar-refractivity contribution in [3.8, 4) is 11.5 Å². The van der Waals surface area contributed by atoms with Crippen molar-refractivity contribution in [3.63, 3.8) is 0 Å². The van der Waals surface area contributed by atoms with Gasteiger partial charge in [-0.2, -0.15) is 11.8 Å². The van der Waals surface area contributed by atoms with Crippen LogP contribution in [0.1, 0.15) is 18.4 Å². The maximum absolute atomic E-state index is 9.84. The third-order valence-corrected chi connectivity index (χ3v) is 4.43. The standard InChI is InChI=1S/C14H21NO2S/c1-17-13-3-2-12(14(16)8-13)10-15-9-11-4-6-18-7-5-11/h2-3,8,11,15-16H,4-7,9-10H2,1H3. The summed E-state index contributed by atoms with van der Waals surface area (Å²) in [6.07, 6.45) is 2.62. The molecule has 0 unspecified atom stereocenters. The molecular formula is C14H21NO2S.